The van der Waals surface area contributed by atoms with Gasteiger partial charge in [-0.05, 0) is 37.0 Å². The number of amides is 1. The lowest BCUT2D eigenvalue weighted by Gasteiger charge is -2.50. The first-order valence-electron chi connectivity index (χ1n) is 8.11. The van der Waals surface area contributed by atoms with Gasteiger partial charge in [0.2, 0.25) is 0 Å². The van der Waals surface area contributed by atoms with Gasteiger partial charge in [0.25, 0.3) is 5.91 Å². The number of rotatable bonds is 0. The molecule has 3 aliphatic rings. The number of hydrogen-bond acceptors (Lipinski definition) is 2. The van der Waals surface area contributed by atoms with Crippen molar-refractivity contribution in [2.45, 2.75) is 31.5 Å². The lowest BCUT2D eigenvalue weighted by molar-refractivity contribution is 0.0650. The van der Waals surface area contributed by atoms with Gasteiger partial charge < -0.3 is 9.80 Å². The van der Waals surface area contributed by atoms with E-state index in [4.69, 9.17) is 0 Å². The smallest absolute Gasteiger partial charge is 0.256 e. The molecule has 0 bridgehead atoms. The number of aryl methyl sites for hydroxylation is 1. The maximum atomic E-state index is 12.7. The fourth-order valence-electron chi connectivity index (χ4n) is 4.41. The van der Waals surface area contributed by atoms with Crippen LogP contribution in [0.3, 0.4) is 0 Å². The molecule has 2 atom stereocenters. The standard InChI is InChI=1S/C19H18N2O/c22-19-16-7-3-2-6-15(16)18-20(19)12-11-14-10-9-13-5-1-4-8-17(13)21(14)18/h1-8,14,18H,9-12H2/t14-,18+/m0/s1. The lowest BCUT2D eigenvalue weighted by atomic mass is 9.90. The number of anilines is 1. The molecule has 2 aromatic carbocycles. The maximum absolute atomic E-state index is 12.7. The molecule has 3 nitrogen and oxygen atoms in total. The molecule has 1 saturated heterocycles. The first kappa shape index (κ1) is 12.3. The second-order valence-corrected chi connectivity index (χ2v) is 6.48. The highest BCUT2D eigenvalue weighted by Crippen LogP contribution is 2.46. The zero-order chi connectivity index (χ0) is 14.7. The van der Waals surface area contributed by atoms with Crippen molar-refractivity contribution >= 4 is 11.6 Å². The third kappa shape index (κ3) is 1.48. The number of nitrogens with zero attached hydrogens (tertiary/aromatic N) is 2. The maximum Gasteiger partial charge on any atom is 0.256 e. The van der Waals surface area contributed by atoms with Gasteiger partial charge in [0.15, 0.2) is 0 Å². The minimum absolute atomic E-state index is 0.0869. The van der Waals surface area contributed by atoms with Crippen LogP contribution in [0.4, 0.5) is 5.69 Å². The molecular weight excluding hydrogens is 272 g/mol. The fraction of sp³-hybridized carbons (Fsp3) is 0.316. The van der Waals surface area contributed by atoms with Gasteiger partial charge in [0.05, 0.1) is 0 Å². The highest BCUT2D eigenvalue weighted by atomic mass is 16.2. The third-order valence-electron chi connectivity index (χ3n) is 5.40. The molecular formula is C19H18N2O. The Labute approximate surface area is 130 Å². The van der Waals surface area contributed by atoms with Crippen LogP contribution in [-0.4, -0.2) is 23.4 Å². The van der Waals surface area contributed by atoms with E-state index in [1.165, 1.54) is 23.2 Å². The van der Waals surface area contributed by atoms with Crippen molar-refractivity contribution in [2.75, 3.05) is 11.4 Å². The molecule has 110 valence electrons. The van der Waals surface area contributed by atoms with Crippen molar-refractivity contribution in [3.8, 4) is 0 Å². The molecule has 1 amide bonds. The van der Waals surface area contributed by atoms with Gasteiger partial charge in [0, 0.05) is 29.4 Å². The molecule has 0 spiro atoms. The highest BCUT2D eigenvalue weighted by molar-refractivity contribution is 5.99. The largest absolute Gasteiger partial charge is 0.344 e. The summed E-state index contributed by atoms with van der Waals surface area (Å²) >= 11 is 0. The minimum atomic E-state index is 0.0869. The van der Waals surface area contributed by atoms with Crippen LogP contribution in [0.5, 0.6) is 0 Å². The summed E-state index contributed by atoms with van der Waals surface area (Å²) in [4.78, 5) is 17.3. The van der Waals surface area contributed by atoms with Crippen LogP contribution in [0.25, 0.3) is 0 Å². The van der Waals surface area contributed by atoms with E-state index in [1.54, 1.807) is 0 Å². The van der Waals surface area contributed by atoms with E-state index in [9.17, 15) is 4.79 Å². The average Bonchev–Trinajstić information content (AvgIpc) is 2.88. The first-order chi connectivity index (χ1) is 10.8. The monoisotopic (exact) mass is 290 g/mol. The average molecular weight is 290 g/mol. The molecule has 3 aliphatic heterocycles. The minimum Gasteiger partial charge on any atom is -0.344 e. The van der Waals surface area contributed by atoms with E-state index in [1.807, 2.05) is 12.1 Å². The van der Waals surface area contributed by atoms with Crippen molar-refractivity contribution in [1.82, 2.24) is 4.90 Å². The van der Waals surface area contributed by atoms with Gasteiger partial charge >= 0.3 is 0 Å². The fourth-order valence-corrected chi connectivity index (χ4v) is 4.41. The summed E-state index contributed by atoms with van der Waals surface area (Å²) in [6.07, 6.45) is 3.51. The highest BCUT2D eigenvalue weighted by Gasteiger charge is 2.46. The Hall–Kier alpha value is -2.29. The molecule has 0 saturated carbocycles. The second-order valence-electron chi connectivity index (χ2n) is 6.48. The van der Waals surface area contributed by atoms with Crippen molar-refractivity contribution in [2.24, 2.45) is 0 Å². The van der Waals surface area contributed by atoms with E-state index >= 15 is 0 Å². The van der Waals surface area contributed by atoms with Crippen LogP contribution < -0.4 is 4.90 Å². The molecule has 5 rings (SSSR count). The quantitative estimate of drug-likeness (QED) is 0.742. The molecule has 0 radical (unpaired) electrons. The van der Waals surface area contributed by atoms with Crippen molar-refractivity contribution < 1.29 is 4.79 Å². The van der Waals surface area contributed by atoms with Gasteiger partial charge in [-0.25, -0.2) is 0 Å². The zero-order valence-electron chi connectivity index (χ0n) is 12.4. The Morgan fingerprint density at radius 2 is 1.77 bits per heavy atom. The van der Waals surface area contributed by atoms with Gasteiger partial charge in [0.1, 0.15) is 6.17 Å². The number of carbonyl (C=O) groups excluding carboxylic acids is 1. The van der Waals surface area contributed by atoms with Crippen molar-refractivity contribution in [1.29, 1.82) is 0 Å². The topological polar surface area (TPSA) is 23.6 Å². The van der Waals surface area contributed by atoms with Gasteiger partial charge in [-0.1, -0.05) is 36.4 Å². The number of hydrogen-bond donors (Lipinski definition) is 0. The predicted octanol–water partition coefficient (Wildman–Crippen LogP) is 3.37. The summed E-state index contributed by atoms with van der Waals surface area (Å²) in [7, 11) is 0. The van der Waals surface area contributed by atoms with Crippen LogP contribution in [0.2, 0.25) is 0 Å². The Morgan fingerprint density at radius 3 is 2.73 bits per heavy atom. The summed E-state index contributed by atoms with van der Waals surface area (Å²) in [5, 5.41) is 0. The lowest BCUT2D eigenvalue weighted by Crippen LogP contribution is -2.53. The molecule has 3 heteroatoms. The number of fused-ring (bicyclic) bond motifs is 7. The molecule has 1 fully saturated rings. The summed E-state index contributed by atoms with van der Waals surface area (Å²) in [6.45, 7) is 0.877. The van der Waals surface area contributed by atoms with Crippen LogP contribution >= 0.6 is 0 Å². The summed E-state index contributed by atoms with van der Waals surface area (Å²) in [6, 6.07) is 17.3. The van der Waals surface area contributed by atoms with E-state index in [0.717, 1.165) is 24.9 Å². The Balaban J connectivity index is 1.70. The number of carbonyl (C=O) groups is 1. The zero-order valence-corrected chi connectivity index (χ0v) is 12.4. The molecule has 2 aromatic rings. The number of benzene rings is 2. The van der Waals surface area contributed by atoms with Crippen LogP contribution in [0, 0.1) is 0 Å². The SMILES string of the molecule is O=C1c2ccccc2[C@@H]2N1CC[C@@H]1CCc3ccccc3N12. The molecule has 3 heterocycles. The molecule has 0 unspecified atom stereocenters. The van der Waals surface area contributed by atoms with E-state index < -0.39 is 0 Å². The molecule has 22 heavy (non-hydrogen) atoms. The Morgan fingerprint density at radius 1 is 0.955 bits per heavy atom. The normalized spacial score (nSPS) is 25.4. The first-order valence-corrected chi connectivity index (χ1v) is 8.11. The Bertz CT molecular complexity index is 770. The predicted molar refractivity (Wildman–Crippen MR) is 85.9 cm³/mol. The number of para-hydroxylation sites is 1. The van der Waals surface area contributed by atoms with E-state index in [0.29, 0.717) is 6.04 Å². The summed E-state index contributed by atoms with van der Waals surface area (Å²) in [5.74, 6) is 0.196. The van der Waals surface area contributed by atoms with Crippen LogP contribution in [0.15, 0.2) is 48.5 Å². The molecule has 0 aromatic heterocycles. The van der Waals surface area contributed by atoms with Gasteiger partial charge in [-0.2, -0.15) is 0 Å². The molecule has 0 aliphatic carbocycles. The van der Waals surface area contributed by atoms with Crippen LogP contribution in [-0.2, 0) is 6.42 Å². The third-order valence-corrected chi connectivity index (χ3v) is 5.40. The second kappa shape index (κ2) is 4.35. The summed E-state index contributed by atoms with van der Waals surface area (Å²) in [5.41, 5.74) is 4.79. The van der Waals surface area contributed by atoms with Gasteiger partial charge in [-0.15, -0.1) is 0 Å². The van der Waals surface area contributed by atoms with E-state index in [2.05, 4.69) is 46.2 Å². The van der Waals surface area contributed by atoms with E-state index in [-0.39, 0.29) is 12.1 Å². The van der Waals surface area contributed by atoms with Crippen molar-refractivity contribution in [3.63, 3.8) is 0 Å². The molecule has 0 N–H and O–H groups in total. The van der Waals surface area contributed by atoms with Crippen molar-refractivity contribution in [3.05, 3.63) is 65.2 Å². The Kier molecular flexibility index (Phi) is 2.43. The van der Waals surface area contributed by atoms with Crippen LogP contribution in [0.1, 0.15) is 40.5 Å². The summed E-state index contributed by atoms with van der Waals surface area (Å²) < 4.78 is 0. The van der Waals surface area contributed by atoms with Gasteiger partial charge in [-0.3, -0.25) is 4.79 Å².